The maximum atomic E-state index is 12.1. The number of carbonyl (C=O) groups excluding carboxylic acids is 1. The molecule has 0 atom stereocenters. The zero-order valence-electron chi connectivity index (χ0n) is 12.0. The lowest BCUT2D eigenvalue weighted by Crippen LogP contribution is -2.23. The maximum absolute atomic E-state index is 12.1. The number of nitrogens with zero attached hydrogens (tertiary/aromatic N) is 1. The van der Waals surface area contributed by atoms with E-state index in [0.717, 1.165) is 11.3 Å². The first-order valence-corrected chi connectivity index (χ1v) is 6.49. The normalized spacial score (nSPS) is 10.6. The predicted octanol–water partition coefficient (Wildman–Crippen LogP) is 3.08. The van der Waals surface area contributed by atoms with Crippen LogP contribution in [0.15, 0.2) is 54.6 Å². The van der Waals surface area contributed by atoms with Gasteiger partial charge >= 0.3 is 0 Å². The van der Waals surface area contributed by atoms with E-state index in [2.05, 4.69) is 0 Å². The number of hydrogen-bond acceptors (Lipinski definition) is 3. The van der Waals surface area contributed by atoms with Gasteiger partial charge in [0.2, 0.25) is 0 Å². The number of methoxy groups -OCH3 is 1. The van der Waals surface area contributed by atoms with Crippen molar-refractivity contribution in [1.29, 1.82) is 0 Å². The molecule has 0 fully saturated rings. The van der Waals surface area contributed by atoms with Crippen molar-refractivity contribution >= 4 is 17.7 Å². The lowest BCUT2D eigenvalue weighted by Gasteiger charge is -2.15. The zero-order chi connectivity index (χ0) is 15.2. The summed E-state index contributed by atoms with van der Waals surface area (Å²) in [4.78, 5) is 13.6. The van der Waals surface area contributed by atoms with E-state index >= 15 is 0 Å². The smallest absolute Gasteiger partial charge is 0.250 e. The van der Waals surface area contributed by atoms with Crippen LogP contribution in [0.3, 0.4) is 0 Å². The fourth-order valence-electron chi connectivity index (χ4n) is 1.82. The van der Waals surface area contributed by atoms with Crippen LogP contribution in [-0.2, 0) is 4.79 Å². The molecule has 1 N–H and O–H groups in total. The Morgan fingerprint density at radius 3 is 2.52 bits per heavy atom. The van der Waals surface area contributed by atoms with Crippen molar-refractivity contribution in [2.24, 2.45) is 0 Å². The summed E-state index contributed by atoms with van der Waals surface area (Å²) < 4.78 is 5.08. The Morgan fingerprint density at radius 1 is 1.19 bits per heavy atom. The Labute approximate surface area is 123 Å². The van der Waals surface area contributed by atoms with Gasteiger partial charge < -0.3 is 14.7 Å². The number of benzene rings is 2. The molecule has 0 saturated carbocycles. The number of carbonyl (C=O) groups is 1. The average Bonchev–Trinajstić information content (AvgIpc) is 2.52. The number of likely N-dealkylation sites (N-methyl/N-ethyl adjacent to an activating group) is 1. The van der Waals surface area contributed by atoms with E-state index in [-0.39, 0.29) is 11.7 Å². The van der Waals surface area contributed by atoms with Crippen molar-refractivity contribution in [2.75, 3.05) is 19.1 Å². The predicted molar refractivity (Wildman–Crippen MR) is 83.5 cm³/mol. The van der Waals surface area contributed by atoms with Crippen LogP contribution in [0.5, 0.6) is 11.5 Å². The molecule has 0 heterocycles. The maximum Gasteiger partial charge on any atom is 0.250 e. The minimum absolute atomic E-state index is 0.131. The quantitative estimate of drug-likeness (QED) is 0.877. The van der Waals surface area contributed by atoms with E-state index in [9.17, 15) is 9.90 Å². The topological polar surface area (TPSA) is 49.8 Å². The van der Waals surface area contributed by atoms with Gasteiger partial charge in [0.05, 0.1) is 7.11 Å². The zero-order valence-corrected chi connectivity index (χ0v) is 12.0. The molecule has 0 bridgehead atoms. The molecule has 2 rings (SSSR count). The first-order valence-electron chi connectivity index (χ1n) is 6.49. The Hall–Kier alpha value is -2.75. The third-order valence-electron chi connectivity index (χ3n) is 3.08. The molecule has 2 aromatic rings. The minimum Gasteiger partial charge on any atom is -0.508 e. The second kappa shape index (κ2) is 6.61. The van der Waals surface area contributed by atoms with Gasteiger partial charge in [-0.3, -0.25) is 4.79 Å². The number of ether oxygens (including phenoxy) is 1. The third-order valence-corrected chi connectivity index (χ3v) is 3.08. The molecule has 108 valence electrons. The minimum atomic E-state index is -0.170. The van der Waals surface area contributed by atoms with E-state index < -0.39 is 0 Å². The molecule has 1 amide bonds. The van der Waals surface area contributed by atoms with Gasteiger partial charge in [0, 0.05) is 24.9 Å². The fraction of sp³-hybridized carbons (Fsp3) is 0.118. The number of amides is 1. The van der Waals surface area contributed by atoms with Crippen LogP contribution in [-0.4, -0.2) is 25.2 Å². The lowest BCUT2D eigenvalue weighted by molar-refractivity contribution is -0.113. The number of aromatic hydroxyl groups is 1. The third kappa shape index (κ3) is 3.86. The molecular weight excluding hydrogens is 266 g/mol. The summed E-state index contributed by atoms with van der Waals surface area (Å²) in [7, 11) is 3.27. The van der Waals surface area contributed by atoms with Gasteiger partial charge in [-0.15, -0.1) is 0 Å². The molecule has 0 saturated heterocycles. The van der Waals surface area contributed by atoms with Crippen molar-refractivity contribution in [3.05, 3.63) is 60.2 Å². The van der Waals surface area contributed by atoms with Crippen molar-refractivity contribution in [2.45, 2.75) is 0 Å². The van der Waals surface area contributed by atoms with Crippen LogP contribution in [0.4, 0.5) is 5.69 Å². The number of hydrogen-bond donors (Lipinski definition) is 1. The molecule has 4 heteroatoms. The molecule has 0 unspecified atom stereocenters. The van der Waals surface area contributed by atoms with Crippen molar-refractivity contribution in [3.8, 4) is 11.5 Å². The summed E-state index contributed by atoms with van der Waals surface area (Å²) in [5, 5.41) is 9.43. The molecule has 0 spiro atoms. The Kier molecular flexibility index (Phi) is 4.61. The molecule has 0 aliphatic carbocycles. The summed E-state index contributed by atoms with van der Waals surface area (Å²) in [6.45, 7) is 0. The monoisotopic (exact) mass is 283 g/mol. The van der Waals surface area contributed by atoms with E-state index in [1.54, 1.807) is 44.5 Å². The highest BCUT2D eigenvalue weighted by molar-refractivity contribution is 6.03. The van der Waals surface area contributed by atoms with Gasteiger partial charge in [-0.1, -0.05) is 18.2 Å². The van der Waals surface area contributed by atoms with Crippen LogP contribution >= 0.6 is 0 Å². The number of phenolic OH excluding ortho intramolecular Hbond substituents is 1. The summed E-state index contributed by atoms with van der Waals surface area (Å²) in [6, 6.07) is 14.0. The van der Waals surface area contributed by atoms with E-state index in [0.29, 0.717) is 5.69 Å². The standard InChI is InChI=1S/C17H17NO3/c1-18(14-4-3-5-15(19)12-14)17(20)11-8-13-6-9-16(21-2)10-7-13/h3-12,19H,1-2H3/b11-8+. The van der Waals surface area contributed by atoms with Gasteiger partial charge in [0.1, 0.15) is 11.5 Å². The number of rotatable bonds is 4. The van der Waals surface area contributed by atoms with Crippen LogP contribution in [0, 0.1) is 0 Å². The molecule has 4 nitrogen and oxygen atoms in total. The summed E-state index contributed by atoms with van der Waals surface area (Å²) in [6.07, 6.45) is 3.23. The largest absolute Gasteiger partial charge is 0.508 e. The van der Waals surface area contributed by atoms with Crippen molar-refractivity contribution in [3.63, 3.8) is 0 Å². The van der Waals surface area contributed by atoms with Gasteiger partial charge in [0.25, 0.3) is 5.91 Å². The molecule has 0 aliphatic rings. The average molecular weight is 283 g/mol. The number of anilines is 1. The second-order valence-electron chi connectivity index (χ2n) is 4.52. The van der Waals surface area contributed by atoms with Crippen LogP contribution in [0.2, 0.25) is 0 Å². The van der Waals surface area contributed by atoms with Crippen molar-refractivity contribution in [1.82, 2.24) is 0 Å². The van der Waals surface area contributed by atoms with Gasteiger partial charge in [-0.25, -0.2) is 0 Å². The highest BCUT2D eigenvalue weighted by Crippen LogP contribution is 2.19. The Bertz CT molecular complexity index is 647. The van der Waals surface area contributed by atoms with Crippen LogP contribution in [0.25, 0.3) is 6.08 Å². The number of phenols is 1. The molecular formula is C17H17NO3. The molecule has 0 aromatic heterocycles. The molecule has 0 aliphatic heterocycles. The van der Waals surface area contributed by atoms with E-state index in [1.165, 1.54) is 11.0 Å². The summed E-state index contributed by atoms with van der Waals surface area (Å²) in [5.74, 6) is 0.734. The first-order chi connectivity index (χ1) is 10.1. The van der Waals surface area contributed by atoms with Crippen LogP contribution < -0.4 is 9.64 Å². The highest BCUT2D eigenvalue weighted by Gasteiger charge is 2.07. The molecule has 21 heavy (non-hydrogen) atoms. The van der Waals surface area contributed by atoms with Crippen molar-refractivity contribution < 1.29 is 14.6 Å². The van der Waals surface area contributed by atoms with Gasteiger partial charge in [-0.05, 0) is 35.9 Å². The van der Waals surface area contributed by atoms with Gasteiger partial charge in [0.15, 0.2) is 0 Å². The Morgan fingerprint density at radius 2 is 1.90 bits per heavy atom. The lowest BCUT2D eigenvalue weighted by atomic mass is 10.2. The second-order valence-corrected chi connectivity index (χ2v) is 4.52. The van der Waals surface area contributed by atoms with E-state index in [1.807, 2.05) is 24.3 Å². The van der Waals surface area contributed by atoms with E-state index in [4.69, 9.17) is 4.74 Å². The molecule has 2 aromatic carbocycles. The molecule has 0 radical (unpaired) electrons. The summed E-state index contributed by atoms with van der Waals surface area (Å²) >= 11 is 0. The fourth-order valence-corrected chi connectivity index (χ4v) is 1.82. The highest BCUT2D eigenvalue weighted by atomic mass is 16.5. The Balaban J connectivity index is 2.07. The van der Waals surface area contributed by atoms with Gasteiger partial charge in [-0.2, -0.15) is 0 Å². The van der Waals surface area contributed by atoms with Crippen LogP contribution in [0.1, 0.15) is 5.56 Å². The summed E-state index contributed by atoms with van der Waals surface area (Å²) in [5.41, 5.74) is 1.55. The SMILES string of the molecule is COc1ccc(/C=C/C(=O)N(C)c2cccc(O)c2)cc1. The first kappa shape index (κ1) is 14.7.